The molecular weight excluding hydrogens is 877 g/mol. The molecule has 2 fully saturated rings. The number of nitrogens with zero attached hydrogens (tertiary/aromatic N) is 2. The second-order valence-corrected chi connectivity index (χ2v) is 22.0. The molecule has 2 heterocycles. The summed E-state index contributed by atoms with van der Waals surface area (Å²) in [5, 5.41) is 4.21. The standard InChI is InChI=1S/C60H76N2O8/c1-41(47-27-31-49(32-28-47)43(3)69-61-57(5,6)35-53(36-58(61,7)8)67-55(63)51-19-15-13-16-20-51)65-39-45-23-25-46(26-24-45)40-66-42(2)48-29-33-50(34-30-48)44(4)70-62-59(9,10)37-54(38-60(62,11)12)68-56(64)52-21-17-14-18-22-52/h13-34,41-44,53-54H,35-40H2,1-12H3. The SMILES string of the molecule is CC(OCc1ccc(COC(C)c2ccc(C(C)ON3C(C)(C)CC(OC(=O)c4ccccc4)CC3(C)C)cc2)cc1)c1ccc(C(C)ON2C(C)(C)CC(OC(=O)c3ccccc3)CC2(C)C)cc1. The Balaban J connectivity index is 0.837. The molecule has 0 radical (unpaired) electrons. The highest BCUT2D eigenvalue weighted by Crippen LogP contribution is 2.44. The van der Waals surface area contributed by atoms with Crippen molar-refractivity contribution in [3.63, 3.8) is 0 Å². The van der Waals surface area contributed by atoms with Gasteiger partial charge in [-0.1, -0.05) is 109 Å². The average Bonchev–Trinajstić information content (AvgIpc) is 3.32. The van der Waals surface area contributed by atoms with Crippen molar-refractivity contribution in [2.75, 3.05) is 0 Å². The molecule has 7 rings (SSSR count). The highest BCUT2D eigenvalue weighted by Gasteiger charge is 2.50. The maximum absolute atomic E-state index is 12.9. The third-order valence-electron chi connectivity index (χ3n) is 14.0. The fourth-order valence-corrected chi connectivity index (χ4v) is 10.5. The zero-order chi connectivity index (χ0) is 50.4. The van der Waals surface area contributed by atoms with E-state index in [-0.39, 0.29) is 70.7 Å². The lowest BCUT2D eigenvalue weighted by Gasteiger charge is -2.54. The van der Waals surface area contributed by atoms with Gasteiger partial charge in [0, 0.05) is 47.8 Å². The first kappa shape index (κ1) is 52.6. The predicted molar refractivity (Wildman–Crippen MR) is 274 cm³/mol. The fraction of sp³-hybridized carbons (Fsp3) is 0.467. The molecule has 10 heteroatoms. The molecule has 70 heavy (non-hydrogen) atoms. The number of hydrogen-bond donors (Lipinski definition) is 0. The number of hydroxylamine groups is 4. The number of ether oxygens (including phenoxy) is 4. The zero-order valence-electron chi connectivity index (χ0n) is 43.6. The van der Waals surface area contributed by atoms with Gasteiger partial charge in [-0.15, -0.1) is 0 Å². The minimum absolute atomic E-state index is 0.0969. The first-order valence-electron chi connectivity index (χ1n) is 25.1. The Morgan fingerprint density at radius 1 is 0.429 bits per heavy atom. The van der Waals surface area contributed by atoms with E-state index >= 15 is 0 Å². The van der Waals surface area contributed by atoms with Crippen molar-refractivity contribution < 1.29 is 38.2 Å². The summed E-state index contributed by atoms with van der Waals surface area (Å²) in [5.41, 5.74) is 6.22. The van der Waals surface area contributed by atoms with Gasteiger partial charge in [0.05, 0.1) is 36.5 Å². The molecule has 4 atom stereocenters. The Morgan fingerprint density at radius 3 is 0.986 bits per heavy atom. The van der Waals surface area contributed by atoms with Crippen LogP contribution in [0.25, 0.3) is 0 Å². The van der Waals surface area contributed by atoms with Crippen molar-refractivity contribution in [2.24, 2.45) is 0 Å². The minimum Gasteiger partial charge on any atom is -0.459 e. The average molecular weight is 953 g/mol. The van der Waals surface area contributed by atoms with Gasteiger partial charge in [-0.25, -0.2) is 9.59 Å². The lowest BCUT2D eigenvalue weighted by Crippen LogP contribution is -2.62. The highest BCUT2D eigenvalue weighted by atomic mass is 16.7. The fourth-order valence-electron chi connectivity index (χ4n) is 10.5. The van der Waals surface area contributed by atoms with E-state index in [0.29, 0.717) is 50.0 Å². The molecule has 0 bridgehead atoms. The van der Waals surface area contributed by atoms with Crippen LogP contribution in [0.5, 0.6) is 0 Å². The van der Waals surface area contributed by atoms with Crippen molar-refractivity contribution in [2.45, 2.75) is 181 Å². The molecule has 5 aromatic carbocycles. The summed E-state index contributed by atoms with van der Waals surface area (Å²) >= 11 is 0. The number of esters is 2. The first-order chi connectivity index (χ1) is 33.1. The molecule has 0 aliphatic carbocycles. The topological polar surface area (TPSA) is 96.0 Å². The molecule has 0 spiro atoms. The second kappa shape index (κ2) is 22.1. The summed E-state index contributed by atoms with van der Waals surface area (Å²) in [4.78, 5) is 39.2. The van der Waals surface area contributed by atoms with Crippen LogP contribution in [0.1, 0.15) is 187 Å². The normalized spacial score (nSPS) is 19.9. The van der Waals surface area contributed by atoms with Crippen molar-refractivity contribution in [3.05, 3.63) is 178 Å². The maximum atomic E-state index is 12.9. The van der Waals surface area contributed by atoms with Crippen LogP contribution < -0.4 is 0 Å². The van der Waals surface area contributed by atoms with E-state index < -0.39 is 0 Å². The van der Waals surface area contributed by atoms with E-state index in [9.17, 15) is 9.59 Å². The molecule has 0 N–H and O–H groups in total. The van der Waals surface area contributed by atoms with Crippen LogP contribution >= 0.6 is 0 Å². The molecule has 5 aromatic rings. The molecule has 374 valence electrons. The van der Waals surface area contributed by atoms with Gasteiger partial charge in [-0.05, 0) is 141 Å². The first-order valence-corrected chi connectivity index (χ1v) is 25.1. The number of carbonyl (C=O) groups excluding carboxylic acids is 2. The lowest BCUT2D eigenvalue weighted by molar-refractivity contribution is -0.313. The zero-order valence-corrected chi connectivity index (χ0v) is 43.6. The number of benzene rings is 5. The molecule has 10 nitrogen and oxygen atoms in total. The van der Waals surface area contributed by atoms with Crippen LogP contribution in [-0.2, 0) is 41.8 Å². The Kier molecular flexibility index (Phi) is 16.6. The summed E-state index contributed by atoms with van der Waals surface area (Å²) in [6.45, 7) is 26.5. The Morgan fingerprint density at radius 2 is 0.700 bits per heavy atom. The number of piperidine rings is 2. The van der Waals surface area contributed by atoms with Gasteiger partial charge in [0.2, 0.25) is 0 Å². The van der Waals surface area contributed by atoms with Gasteiger partial charge in [0.15, 0.2) is 0 Å². The van der Waals surface area contributed by atoms with Crippen LogP contribution in [0.3, 0.4) is 0 Å². The monoisotopic (exact) mass is 953 g/mol. The number of rotatable bonds is 18. The molecular formula is C60H76N2O8. The van der Waals surface area contributed by atoms with E-state index in [1.807, 2.05) is 36.4 Å². The highest BCUT2D eigenvalue weighted by molar-refractivity contribution is 5.90. The molecule has 0 amide bonds. The van der Waals surface area contributed by atoms with E-state index in [1.165, 1.54) is 0 Å². The van der Waals surface area contributed by atoms with Gasteiger partial charge < -0.3 is 18.9 Å². The summed E-state index contributed by atoms with van der Waals surface area (Å²) in [7, 11) is 0. The molecule has 4 unspecified atom stereocenters. The van der Waals surface area contributed by atoms with Crippen molar-refractivity contribution in [1.29, 1.82) is 0 Å². The Labute approximate surface area is 417 Å². The quantitative estimate of drug-likeness (QED) is 0.0790. The van der Waals surface area contributed by atoms with Crippen LogP contribution in [-0.4, -0.2) is 56.4 Å². The van der Waals surface area contributed by atoms with Crippen molar-refractivity contribution >= 4 is 11.9 Å². The molecule has 2 aliphatic rings. The van der Waals surface area contributed by atoms with Crippen LogP contribution in [0, 0.1) is 0 Å². The minimum atomic E-state index is -0.365. The van der Waals surface area contributed by atoms with Crippen LogP contribution in [0.4, 0.5) is 0 Å². The number of carbonyl (C=O) groups is 2. The third-order valence-corrected chi connectivity index (χ3v) is 14.0. The Bertz CT molecular complexity index is 2260. The molecule has 0 aromatic heterocycles. The van der Waals surface area contributed by atoms with Gasteiger partial charge in [-0.3, -0.25) is 9.68 Å². The summed E-state index contributed by atoms with van der Waals surface area (Å²) in [6, 6.07) is 43.8. The summed E-state index contributed by atoms with van der Waals surface area (Å²) in [6.07, 6.45) is 1.67. The van der Waals surface area contributed by atoms with E-state index in [2.05, 4.69) is 166 Å². The van der Waals surface area contributed by atoms with Gasteiger partial charge in [0.25, 0.3) is 0 Å². The van der Waals surface area contributed by atoms with Gasteiger partial charge >= 0.3 is 11.9 Å². The van der Waals surface area contributed by atoms with Crippen molar-refractivity contribution in [1.82, 2.24) is 10.1 Å². The molecule has 0 saturated carbocycles. The van der Waals surface area contributed by atoms with E-state index in [4.69, 9.17) is 28.6 Å². The second-order valence-electron chi connectivity index (χ2n) is 22.0. The number of hydrogen-bond acceptors (Lipinski definition) is 10. The van der Waals surface area contributed by atoms with Gasteiger partial charge in [-0.2, -0.15) is 10.1 Å². The van der Waals surface area contributed by atoms with E-state index in [1.54, 1.807) is 24.3 Å². The summed E-state index contributed by atoms with van der Waals surface area (Å²) < 4.78 is 24.7. The molecule has 2 saturated heterocycles. The lowest BCUT2D eigenvalue weighted by atomic mass is 9.80. The third kappa shape index (κ3) is 13.2. The Hall–Kier alpha value is -5.20. The summed E-state index contributed by atoms with van der Waals surface area (Å²) in [5.74, 6) is -0.572. The largest absolute Gasteiger partial charge is 0.459 e. The van der Waals surface area contributed by atoms with Crippen LogP contribution in [0.2, 0.25) is 0 Å². The predicted octanol–water partition coefficient (Wildman–Crippen LogP) is 14.0. The molecule has 2 aliphatic heterocycles. The van der Waals surface area contributed by atoms with E-state index in [0.717, 1.165) is 33.4 Å². The van der Waals surface area contributed by atoms with Crippen molar-refractivity contribution in [3.8, 4) is 0 Å². The maximum Gasteiger partial charge on any atom is 0.338 e. The van der Waals surface area contributed by atoms with Crippen LogP contribution in [0.15, 0.2) is 133 Å². The smallest absolute Gasteiger partial charge is 0.338 e. The van der Waals surface area contributed by atoms with Gasteiger partial charge in [0.1, 0.15) is 24.4 Å².